The lowest BCUT2D eigenvalue weighted by atomic mass is 9.92. The largest absolute Gasteiger partial charge is 0.494 e. The molecule has 6 nitrogen and oxygen atoms in total. The van der Waals surface area contributed by atoms with Gasteiger partial charge in [0.15, 0.2) is 0 Å². The predicted molar refractivity (Wildman–Crippen MR) is 125 cm³/mol. The van der Waals surface area contributed by atoms with E-state index in [-0.39, 0.29) is 22.1 Å². The molecule has 0 saturated carbocycles. The molecule has 0 radical (unpaired) electrons. The second-order valence-electron chi connectivity index (χ2n) is 7.28. The summed E-state index contributed by atoms with van der Waals surface area (Å²) in [5, 5.41) is 3.10. The molecular formula is C25H22N2O4S. The molecule has 1 N–H and O–H groups in total. The Bertz CT molecular complexity index is 1320. The highest BCUT2D eigenvalue weighted by molar-refractivity contribution is 7.90. The summed E-state index contributed by atoms with van der Waals surface area (Å²) in [6.07, 6.45) is 1.48. The van der Waals surface area contributed by atoms with Crippen LogP contribution in [0.15, 0.2) is 93.9 Å². The number of Topliss-reactive ketones (excluding diaryl/α,β-unsaturated/α-hetero) is 1. The molecular weight excluding hydrogens is 424 g/mol. The third-order valence-corrected chi connectivity index (χ3v) is 6.26. The zero-order valence-electron chi connectivity index (χ0n) is 17.7. The summed E-state index contributed by atoms with van der Waals surface area (Å²) in [6, 6.07) is 20.5. The fraction of sp³-hybridized carbons (Fsp3) is 0.120. The van der Waals surface area contributed by atoms with Crippen LogP contribution in [0.3, 0.4) is 0 Å². The molecule has 3 aromatic rings. The SMILES string of the molecule is CCOc1ccc(S(=O)(=O)N=C2C=C(Nc3ccc(C)cc3)C(=O)c3ccccc32)cc1. The van der Waals surface area contributed by atoms with Gasteiger partial charge < -0.3 is 10.1 Å². The van der Waals surface area contributed by atoms with E-state index in [0.717, 1.165) is 11.3 Å². The van der Waals surface area contributed by atoms with Crippen LogP contribution in [0.2, 0.25) is 0 Å². The summed E-state index contributed by atoms with van der Waals surface area (Å²) in [4.78, 5) is 13.1. The van der Waals surface area contributed by atoms with Crippen molar-refractivity contribution in [1.82, 2.24) is 0 Å². The van der Waals surface area contributed by atoms with Crippen molar-refractivity contribution >= 4 is 27.2 Å². The first-order valence-electron chi connectivity index (χ1n) is 10.1. The van der Waals surface area contributed by atoms with Gasteiger partial charge in [-0.05, 0) is 56.3 Å². The first kappa shape index (κ1) is 21.5. The lowest BCUT2D eigenvalue weighted by molar-refractivity contribution is 0.103. The Labute approximate surface area is 187 Å². The first-order valence-corrected chi connectivity index (χ1v) is 11.6. The number of ketones is 1. The summed E-state index contributed by atoms with van der Waals surface area (Å²) >= 11 is 0. The van der Waals surface area contributed by atoms with Gasteiger partial charge in [-0.2, -0.15) is 12.8 Å². The van der Waals surface area contributed by atoms with Gasteiger partial charge in [0.25, 0.3) is 10.0 Å². The van der Waals surface area contributed by atoms with E-state index in [1.807, 2.05) is 38.1 Å². The fourth-order valence-electron chi connectivity index (χ4n) is 3.35. The van der Waals surface area contributed by atoms with Crippen LogP contribution >= 0.6 is 0 Å². The number of hydrogen-bond acceptors (Lipinski definition) is 5. The van der Waals surface area contributed by atoms with Gasteiger partial charge >= 0.3 is 0 Å². The number of carbonyl (C=O) groups is 1. The highest BCUT2D eigenvalue weighted by Crippen LogP contribution is 2.26. The zero-order chi connectivity index (χ0) is 22.7. The molecule has 0 saturated heterocycles. The van der Waals surface area contributed by atoms with Gasteiger partial charge in [0.2, 0.25) is 5.78 Å². The van der Waals surface area contributed by atoms with E-state index in [9.17, 15) is 13.2 Å². The van der Waals surface area contributed by atoms with Crippen LogP contribution in [-0.4, -0.2) is 26.5 Å². The Morgan fingerprint density at radius 3 is 2.22 bits per heavy atom. The molecule has 1 aliphatic carbocycles. The van der Waals surface area contributed by atoms with E-state index in [1.54, 1.807) is 36.4 Å². The lowest BCUT2D eigenvalue weighted by Crippen LogP contribution is -2.22. The summed E-state index contributed by atoms with van der Waals surface area (Å²) in [6.45, 7) is 4.31. The number of nitrogens with zero attached hydrogens (tertiary/aromatic N) is 1. The number of ether oxygens (including phenoxy) is 1. The van der Waals surface area contributed by atoms with Crippen molar-refractivity contribution in [3.8, 4) is 5.75 Å². The Balaban J connectivity index is 1.75. The van der Waals surface area contributed by atoms with Crippen LogP contribution in [0, 0.1) is 6.92 Å². The van der Waals surface area contributed by atoms with Crippen molar-refractivity contribution in [2.45, 2.75) is 18.7 Å². The second kappa shape index (κ2) is 8.80. The molecule has 32 heavy (non-hydrogen) atoms. The standard InChI is InChI=1S/C25H22N2O4S/c1-3-31-19-12-14-20(15-13-19)32(29,30)27-23-16-24(26-18-10-8-17(2)9-11-18)25(28)22-7-5-4-6-21(22)23/h4-16,26H,3H2,1-2H3. The normalized spacial score (nSPS) is 14.6. The van der Waals surface area contributed by atoms with E-state index < -0.39 is 10.0 Å². The van der Waals surface area contributed by atoms with E-state index in [4.69, 9.17) is 4.74 Å². The average molecular weight is 447 g/mol. The Morgan fingerprint density at radius 1 is 0.906 bits per heavy atom. The fourth-order valence-corrected chi connectivity index (χ4v) is 4.34. The number of hydrogen-bond donors (Lipinski definition) is 1. The first-order chi connectivity index (χ1) is 15.4. The molecule has 0 bridgehead atoms. The molecule has 7 heteroatoms. The molecule has 0 heterocycles. The molecule has 0 atom stereocenters. The van der Waals surface area contributed by atoms with Crippen molar-refractivity contribution in [3.63, 3.8) is 0 Å². The maximum absolute atomic E-state index is 13.0. The minimum atomic E-state index is -4.00. The quantitative estimate of drug-likeness (QED) is 0.590. The number of carbonyl (C=O) groups excluding carboxylic acids is 1. The molecule has 0 spiro atoms. The molecule has 3 aromatic carbocycles. The van der Waals surface area contributed by atoms with E-state index in [0.29, 0.717) is 23.5 Å². The van der Waals surface area contributed by atoms with Gasteiger partial charge in [-0.1, -0.05) is 42.0 Å². The van der Waals surface area contributed by atoms with Gasteiger partial charge in [0.1, 0.15) is 5.75 Å². The number of fused-ring (bicyclic) bond motifs is 1. The van der Waals surface area contributed by atoms with Crippen LogP contribution in [0.1, 0.15) is 28.4 Å². The van der Waals surface area contributed by atoms with Crippen molar-refractivity contribution in [3.05, 3.63) is 101 Å². The molecule has 0 aromatic heterocycles. The predicted octanol–water partition coefficient (Wildman–Crippen LogP) is 4.76. The maximum Gasteiger partial charge on any atom is 0.282 e. The monoisotopic (exact) mass is 446 g/mol. The summed E-state index contributed by atoms with van der Waals surface area (Å²) in [5.74, 6) is 0.357. The smallest absolute Gasteiger partial charge is 0.282 e. The van der Waals surface area contributed by atoms with Crippen molar-refractivity contribution in [2.75, 3.05) is 11.9 Å². The van der Waals surface area contributed by atoms with Crippen LogP contribution < -0.4 is 10.1 Å². The van der Waals surface area contributed by atoms with E-state index >= 15 is 0 Å². The number of sulfonamides is 1. The van der Waals surface area contributed by atoms with Crippen LogP contribution in [-0.2, 0) is 10.0 Å². The molecule has 0 fully saturated rings. The molecule has 4 rings (SSSR count). The second-order valence-corrected chi connectivity index (χ2v) is 8.88. The van der Waals surface area contributed by atoms with Crippen LogP contribution in [0.25, 0.3) is 0 Å². The highest BCUT2D eigenvalue weighted by Gasteiger charge is 2.26. The molecule has 162 valence electrons. The number of rotatable bonds is 6. The Hall–Kier alpha value is -3.71. The highest BCUT2D eigenvalue weighted by atomic mass is 32.2. The minimum Gasteiger partial charge on any atom is -0.494 e. The third-order valence-electron chi connectivity index (χ3n) is 4.96. The van der Waals surface area contributed by atoms with Crippen molar-refractivity contribution in [2.24, 2.45) is 4.40 Å². The molecule has 1 aliphatic rings. The number of benzene rings is 3. The number of aryl methyl sites for hydroxylation is 1. The Kier molecular flexibility index (Phi) is 5.92. The van der Waals surface area contributed by atoms with Gasteiger partial charge in [-0.15, -0.1) is 0 Å². The average Bonchev–Trinajstić information content (AvgIpc) is 2.79. The maximum atomic E-state index is 13.0. The van der Waals surface area contributed by atoms with Crippen molar-refractivity contribution in [1.29, 1.82) is 0 Å². The molecule has 0 amide bonds. The van der Waals surface area contributed by atoms with Crippen LogP contribution in [0.4, 0.5) is 5.69 Å². The zero-order valence-corrected chi connectivity index (χ0v) is 18.5. The number of nitrogens with one attached hydrogen (secondary N) is 1. The van der Waals surface area contributed by atoms with Gasteiger partial charge in [-0.3, -0.25) is 4.79 Å². The van der Waals surface area contributed by atoms with Gasteiger partial charge in [-0.25, -0.2) is 0 Å². The Morgan fingerprint density at radius 2 is 1.56 bits per heavy atom. The number of allylic oxidation sites excluding steroid dienone is 2. The molecule has 0 unspecified atom stereocenters. The summed E-state index contributed by atoms with van der Waals surface area (Å²) < 4.78 is 35.4. The van der Waals surface area contributed by atoms with E-state index in [1.165, 1.54) is 18.2 Å². The summed E-state index contributed by atoms with van der Waals surface area (Å²) in [7, 11) is -4.00. The van der Waals surface area contributed by atoms with Gasteiger partial charge in [0, 0.05) is 16.8 Å². The third kappa shape index (κ3) is 4.48. The lowest BCUT2D eigenvalue weighted by Gasteiger charge is -2.19. The topological polar surface area (TPSA) is 84.8 Å². The van der Waals surface area contributed by atoms with E-state index in [2.05, 4.69) is 9.71 Å². The molecule has 0 aliphatic heterocycles. The van der Waals surface area contributed by atoms with Crippen molar-refractivity contribution < 1.29 is 17.9 Å². The summed E-state index contributed by atoms with van der Waals surface area (Å²) in [5.41, 5.74) is 3.14. The minimum absolute atomic E-state index is 0.0456. The van der Waals surface area contributed by atoms with Gasteiger partial charge in [0.05, 0.1) is 22.9 Å². The van der Waals surface area contributed by atoms with Crippen LogP contribution in [0.5, 0.6) is 5.75 Å². The number of anilines is 1.